The fraction of sp³-hybridized carbons (Fsp3) is 0.438. The van der Waals surface area contributed by atoms with Gasteiger partial charge in [0, 0.05) is 44.1 Å². The van der Waals surface area contributed by atoms with Crippen LogP contribution in [0.1, 0.15) is 12.0 Å². The number of aromatic nitrogens is 3. The Hall–Kier alpha value is -1.73. The minimum absolute atomic E-state index is 0.264. The molecule has 0 aliphatic carbocycles. The molecule has 2 aromatic heterocycles. The summed E-state index contributed by atoms with van der Waals surface area (Å²) in [5.41, 5.74) is 0.944. The molecule has 0 amide bonds. The summed E-state index contributed by atoms with van der Waals surface area (Å²) >= 11 is 1.56. The van der Waals surface area contributed by atoms with Crippen molar-refractivity contribution in [1.29, 1.82) is 0 Å². The molecule has 2 atom stereocenters. The van der Waals surface area contributed by atoms with Crippen molar-refractivity contribution >= 4 is 17.6 Å². The number of hydrogen-bond acceptors (Lipinski definition) is 6. The summed E-state index contributed by atoms with van der Waals surface area (Å²) in [7, 11) is 0. The molecule has 2 unspecified atom stereocenters. The van der Waals surface area contributed by atoms with Gasteiger partial charge in [0.25, 0.3) is 0 Å². The van der Waals surface area contributed by atoms with Gasteiger partial charge in [-0.3, -0.25) is 9.88 Å². The molecular weight excluding hydrogens is 313 g/mol. The topological polar surface area (TPSA) is 45.2 Å². The highest BCUT2D eigenvalue weighted by atomic mass is 32.2. The third kappa shape index (κ3) is 2.90. The molecule has 0 radical (unpaired) electrons. The number of halogens is 1. The lowest BCUT2D eigenvalue weighted by atomic mass is 9.87. The van der Waals surface area contributed by atoms with Crippen LogP contribution in [0, 0.1) is 5.82 Å². The van der Waals surface area contributed by atoms with Gasteiger partial charge >= 0.3 is 0 Å². The van der Waals surface area contributed by atoms with Gasteiger partial charge in [0.1, 0.15) is 11.6 Å². The summed E-state index contributed by atoms with van der Waals surface area (Å²) < 4.78 is 13.3. The number of thioether (sulfide) groups is 1. The van der Waals surface area contributed by atoms with Gasteiger partial charge in [-0.1, -0.05) is 11.8 Å². The molecule has 5 heterocycles. The Morgan fingerprint density at radius 2 is 2.13 bits per heavy atom. The summed E-state index contributed by atoms with van der Waals surface area (Å²) in [5, 5.41) is 0.810. The molecular formula is C16H18FN5S. The predicted molar refractivity (Wildman–Crippen MR) is 88.0 cm³/mol. The van der Waals surface area contributed by atoms with Gasteiger partial charge in [0.2, 0.25) is 0 Å². The van der Waals surface area contributed by atoms with Gasteiger partial charge in [-0.25, -0.2) is 14.4 Å². The van der Waals surface area contributed by atoms with Crippen molar-refractivity contribution in [2.45, 2.75) is 30.2 Å². The first kappa shape index (κ1) is 14.8. The fourth-order valence-electron chi connectivity index (χ4n) is 3.49. The monoisotopic (exact) mass is 331 g/mol. The van der Waals surface area contributed by atoms with E-state index in [1.807, 2.05) is 18.5 Å². The lowest BCUT2D eigenvalue weighted by Crippen LogP contribution is -2.68. The van der Waals surface area contributed by atoms with E-state index in [1.165, 1.54) is 12.6 Å². The zero-order valence-electron chi connectivity index (χ0n) is 12.9. The average molecular weight is 331 g/mol. The van der Waals surface area contributed by atoms with Crippen molar-refractivity contribution in [3.8, 4) is 0 Å². The van der Waals surface area contributed by atoms with Crippen molar-refractivity contribution < 1.29 is 4.39 Å². The Kier molecular flexibility index (Phi) is 3.90. The van der Waals surface area contributed by atoms with Crippen molar-refractivity contribution in [3.05, 3.63) is 42.1 Å². The minimum atomic E-state index is -0.264. The van der Waals surface area contributed by atoms with E-state index in [9.17, 15) is 4.39 Å². The summed E-state index contributed by atoms with van der Waals surface area (Å²) in [6.07, 6.45) is 8.02. The quantitative estimate of drug-likeness (QED) is 0.632. The number of fused-ring (bicyclic) bond motifs is 2. The zero-order valence-corrected chi connectivity index (χ0v) is 13.7. The molecule has 0 spiro atoms. The Balaban J connectivity index is 1.44. The molecule has 3 saturated heterocycles. The van der Waals surface area contributed by atoms with Crippen LogP contribution in [0.25, 0.3) is 0 Å². The van der Waals surface area contributed by atoms with Crippen molar-refractivity contribution in [1.82, 2.24) is 19.9 Å². The van der Waals surface area contributed by atoms with E-state index in [1.54, 1.807) is 24.0 Å². The maximum absolute atomic E-state index is 13.3. The summed E-state index contributed by atoms with van der Waals surface area (Å²) in [6, 6.07) is 4.56. The Bertz CT molecular complexity index is 700. The highest BCUT2D eigenvalue weighted by Gasteiger charge is 2.44. The van der Waals surface area contributed by atoms with E-state index in [0.717, 1.165) is 36.2 Å². The predicted octanol–water partition coefficient (Wildman–Crippen LogP) is 2.20. The van der Waals surface area contributed by atoms with Crippen molar-refractivity contribution in [2.24, 2.45) is 0 Å². The molecule has 5 rings (SSSR count). The smallest absolute Gasteiger partial charge is 0.189 e. The number of piperidine rings is 1. The second kappa shape index (κ2) is 6.05. The molecule has 5 nitrogen and oxygen atoms in total. The molecule has 23 heavy (non-hydrogen) atoms. The number of hydrogen-bond donors (Lipinski definition) is 0. The second-order valence-electron chi connectivity index (χ2n) is 6.03. The molecule has 2 aromatic rings. The van der Waals surface area contributed by atoms with Crippen LogP contribution in [-0.4, -0.2) is 51.3 Å². The molecule has 0 aromatic carbocycles. The normalized spacial score (nSPS) is 23.7. The molecule has 7 heteroatoms. The van der Waals surface area contributed by atoms with Crippen LogP contribution in [0.15, 0.2) is 35.9 Å². The van der Waals surface area contributed by atoms with Gasteiger partial charge < -0.3 is 4.90 Å². The minimum Gasteiger partial charge on any atom is -0.353 e. The molecule has 2 bridgehead atoms. The van der Waals surface area contributed by atoms with E-state index in [2.05, 4.69) is 24.8 Å². The fourth-order valence-corrected chi connectivity index (χ4v) is 3.84. The largest absolute Gasteiger partial charge is 0.353 e. The van der Waals surface area contributed by atoms with Crippen LogP contribution in [0.3, 0.4) is 0 Å². The Labute approximate surface area is 138 Å². The third-order valence-corrected chi connectivity index (χ3v) is 5.16. The lowest BCUT2D eigenvalue weighted by Gasteiger charge is -2.56. The van der Waals surface area contributed by atoms with Crippen LogP contribution in [0.5, 0.6) is 0 Å². The van der Waals surface area contributed by atoms with E-state index in [0.29, 0.717) is 12.1 Å². The second-order valence-corrected chi connectivity index (χ2v) is 6.81. The number of anilines is 1. The van der Waals surface area contributed by atoms with Crippen LogP contribution in [0.2, 0.25) is 0 Å². The maximum atomic E-state index is 13.3. The van der Waals surface area contributed by atoms with Crippen molar-refractivity contribution in [3.63, 3.8) is 0 Å². The number of rotatable bonds is 4. The highest BCUT2D eigenvalue weighted by Crippen LogP contribution is 2.35. The van der Waals surface area contributed by atoms with E-state index < -0.39 is 0 Å². The first-order chi connectivity index (χ1) is 11.2. The number of piperazine rings is 1. The average Bonchev–Trinajstić information content (AvgIpc) is 2.60. The van der Waals surface area contributed by atoms with E-state index in [-0.39, 0.29) is 5.82 Å². The zero-order chi connectivity index (χ0) is 15.8. The first-order valence-electron chi connectivity index (χ1n) is 7.70. The van der Waals surface area contributed by atoms with Gasteiger partial charge in [0.15, 0.2) is 5.16 Å². The number of nitrogens with zero attached hydrogens (tertiary/aromatic N) is 5. The van der Waals surface area contributed by atoms with Gasteiger partial charge in [-0.2, -0.15) is 0 Å². The maximum Gasteiger partial charge on any atom is 0.189 e. The summed E-state index contributed by atoms with van der Waals surface area (Å²) in [5.74, 6) is 0.742. The van der Waals surface area contributed by atoms with Crippen LogP contribution >= 0.6 is 11.8 Å². The molecule has 3 aliphatic heterocycles. The Morgan fingerprint density at radius 1 is 1.30 bits per heavy atom. The summed E-state index contributed by atoms with van der Waals surface area (Å²) in [4.78, 5) is 17.5. The standard InChI is InChI=1S/C16H18FN5S/c1-23-16-19-3-2-15(20-16)21-9-13-5-14(10-21)22(13)8-11-4-12(17)7-18-6-11/h2-4,6-7,13-14H,5,8-10H2,1H3. The Morgan fingerprint density at radius 3 is 2.87 bits per heavy atom. The SMILES string of the molecule is CSc1nccc(N2CC3CC(C2)N3Cc2cncc(F)c2)n1. The molecule has 0 N–H and O–H groups in total. The highest BCUT2D eigenvalue weighted by molar-refractivity contribution is 7.98. The van der Waals surface area contributed by atoms with E-state index >= 15 is 0 Å². The lowest BCUT2D eigenvalue weighted by molar-refractivity contribution is -0.00886. The van der Waals surface area contributed by atoms with Gasteiger partial charge in [-0.15, -0.1) is 0 Å². The molecule has 120 valence electrons. The van der Waals surface area contributed by atoms with Crippen LogP contribution in [0.4, 0.5) is 10.2 Å². The molecule has 3 aliphatic rings. The summed E-state index contributed by atoms with van der Waals surface area (Å²) in [6.45, 7) is 2.70. The van der Waals surface area contributed by atoms with E-state index in [4.69, 9.17) is 0 Å². The van der Waals surface area contributed by atoms with Gasteiger partial charge in [-0.05, 0) is 30.4 Å². The number of pyridine rings is 1. The first-order valence-corrected chi connectivity index (χ1v) is 8.92. The van der Waals surface area contributed by atoms with Crippen molar-refractivity contribution in [2.75, 3.05) is 24.2 Å². The third-order valence-electron chi connectivity index (χ3n) is 4.60. The molecule has 0 saturated carbocycles. The van der Waals surface area contributed by atoms with Gasteiger partial charge in [0.05, 0.1) is 6.20 Å². The molecule has 3 fully saturated rings. The van der Waals surface area contributed by atoms with Crippen LogP contribution < -0.4 is 4.90 Å². The van der Waals surface area contributed by atoms with Crippen LogP contribution in [-0.2, 0) is 6.54 Å².